The summed E-state index contributed by atoms with van der Waals surface area (Å²) in [6, 6.07) is 12.7. The van der Waals surface area contributed by atoms with Crippen LogP contribution in [0.1, 0.15) is 29.2 Å². The van der Waals surface area contributed by atoms with Crippen molar-refractivity contribution in [2.24, 2.45) is 0 Å². The Morgan fingerprint density at radius 1 is 1.15 bits per heavy atom. The van der Waals surface area contributed by atoms with Crippen molar-refractivity contribution >= 4 is 0 Å². The third-order valence-corrected chi connectivity index (χ3v) is 4.78. The fourth-order valence-electron chi connectivity index (χ4n) is 3.24. The molecule has 6 nitrogen and oxygen atoms in total. The molecular formula is C20H23N5O. The highest BCUT2D eigenvalue weighted by Gasteiger charge is 2.20. The number of ether oxygens (including phenoxy) is 1. The standard InChI is InChI=1S/C20H23N5O/c1-15-23-24-20-9-6-18(13-25(15)20)22-12-16-4-7-19(8-5-16)26-14-17-3-2-10-21-11-17/h2-5,7-8,10-11,18,22H,6,9,12-14H2,1H3/t18-/m1/s1. The molecule has 134 valence electrons. The molecule has 0 saturated carbocycles. The van der Waals surface area contributed by atoms with Gasteiger partial charge < -0.3 is 14.6 Å². The lowest BCUT2D eigenvalue weighted by Crippen LogP contribution is -2.37. The fraction of sp³-hybridized carbons (Fsp3) is 0.350. The van der Waals surface area contributed by atoms with Gasteiger partial charge in [0.2, 0.25) is 0 Å². The van der Waals surface area contributed by atoms with E-state index in [2.05, 4.69) is 37.2 Å². The second-order valence-corrected chi connectivity index (χ2v) is 6.68. The van der Waals surface area contributed by atoms with Crippen molar-refractivity contribution in [3.63, 3.8) is 0 Å². The molecule has 2 aromatic heterocycles. The molecule has 0 amide bonds. The molecule has 0 saturated heterocycles. The van der Waals surface area contributed by atoms with Crippen molar-refractivity contribution in [2.45, 2.75) is 45.5 Å². The van der Waals surface area contributed by atoms with Gasteiger partial charge in [0.15, 0.2) is 0 Å². The van der Waals surface area contributed by atoms with Gasteiger partial charge in [-0.15, -0.1) is 10.2 Å². The van der Waals surface area contributed by atoms with Crippen LogP contribution in [0.4, 0.5) is 0 Å². The second-order valence-electron chi connectivity index (χ2n) is 6.68. The van der Waals surface area contributed by atoms with Crippen LogP contribution in [0.3, 0.4) is 0 Å². The molecule has 1 atom stereocenters. The number of hydrogen-bond donors (Lipinski definition) is 1. The summed E-state index contributed by atoms with van der Waals surface area (Å²) in [5, 5.41) is 12.0. The highest BCUT2D eigenvalue weighted by molar-refractivity contribution is 5.27. The van der Waals surface area contributed by atoms with E-state index in [0.29, 0.717) is 12.6 Å². The van der Waals surface area contributed by atoms with Crippen LogP contribution < -0.4 is 10.1 Å². The molecule has 1 N–H and O–H groups in total. The Kier molecular flexibility index (Phi) is 4.93. The maximum atomic E-state index is 5.81. The maximum absolute atomic E-state index is 5.81. The van der Waals surface area contributed by atoms with E-state index in [1.54, 1.807) is 6.20 Å². The van der Waals surface area contributed by atoms with E-state index < -0.39 is 0 Å². The molecular weight excluding hydrogens is 326 g/mol. The van der Waals surface area contributed by atoms with Crippen LogP contribution in [0.5, 0.6) is 5.75 Å². The van der Waals surface area contributed by atoms with Crippen molar-refractivity contribution in [3.8, 4) is 5.75 Å². The Morgan fingerprint density at radius 2 is 2.04 bits per heavy atom. The smallest absolute Gasteiger partial charge is 0.133 e. The minimum Gasteiger partial charge on any atom is -0.489 e. The van der Waals surface area contributed by atoms with Gasteiger partial charge >= 0.3 is 0 Å². The van der Waals surface area contributed by atoms with Gasteiger partial charge in [0, 0.05) is 43.5 Å². The molecule has 4 rings (SSSR count). The van der Waals surface area contributed by atoms with Crippen LogP contribution in [-0.2, 0) is 26.1 Å². The molecule has 0 spiro atoms. The van der Waals surface area contributed by atoms with Crippen LogP contribution in [0.2, 0.25) is 0 Å². The van der Waals surface area contributed by atoms with Crippen molar-refractivity contribution in [1.29, 1.82) is 0 Å². The van der Waals surface area contributed by atoms with Crippen LogP contribution >= 0.6 is 0 Å². The molecule has 0 unspecified atom stereocenters. The van der Waals surface area contributed by atoms with E-state index in [9.17, 15) is 0 Å². The summed E-state index contributed by atoms with van der Waals surface area (Å²) in [5.74, 6) is 2.98. The van der Waals surface area contributed by atoms with Crippen molar-refractivity contribution in [1.82, 2.24) is 25.1 Å². The number of aromatic nitrogens is 4. The third kappa shape index (κ3) is 3.91. The number of rotatable bonds is 6. The monoisotopic (exact) mass is 349 g/mol. The predicted octanol–water partition coefficient (Wildman–Crippen LogP) is 2.67. The van der Waals surface area contributed by atoms with Crippen molar-refractivity contribution in [3.05, 3.63) is 71.6 Å². The Bertz CT molecular complexity index is 844. The Hall–Kier alpha value is -2.73. The van der Waals surface area contributed by atoms with Gasteiger partial charge in [-0.05, 0) is 37.1 Å². The van der Waals surface area contributed by atoms with Crippen LogP contribution in [0, 0.1) is 6.92 Å². The van der Waals surface area contributed by atoms with E-state index in [1.807, 2.05) is 37.4 Å². The molecule has 0 radical (unpaired) electrons. The topological polar surface area (TPSA) is 64.9 Å². The quantitative estimate of drug-likeness (QED) is 0.741. The average molecular weight is 349 g/mol. The number of pyridine rings is 1. The molecule has 6 heteroatoms. The largest absolute Gasteiger partial charge is 0.489 e. The number of nitrogens with zero attached hydrogens (tertiary/aromatic N) is 4. The van der Waals surface area contributed by atoms with Crippen LogP contribution in [-0.4, -0.2) is 25.8 Å². The van der Waals surface area contributed by atoms with E-state index in [0.717, 1.165) is 48.9 Å². The summed E-state index contributed by atoms with van der Waals surface area (Å²) in [7, 11) is 0. The first-order valence-electron chi connectivity index (χ1n) is 9.00. The number of aryl methyl sites for hydroxylation is 2. The highest BCUT2D eigenvalue weighted by atomic mass is 16.5. The highest BCUT2D eigenvalue weighted by Crippen LogP contribution is 2.17. The van der Waals surface area contributed by atoms with Crippen LogP contribution in [0.15, 0.2) is 48.8 Å². The minimum absolute atomic E-state index is 0.457. The fourth-order valence-corrected chi connectivity index (χ4v) is 3.24. The molecule has 1 aliphatic rings. The number of benzene rings is 1. The van der Waals surface area contributed by atoms with Gasteiger partial charge in [0.05, 0.1) is 0 Å². The van der Waals surface area contributed by atoms with Gasteiger partial charge in [-0.3, -0.25) is 4.98 Å². The van der Waals surface area contributed by atoms with Gasteiger partial charge in [0.1, 0.15) is 24.0 Å². The van der Waals surface area contributed by atoms with Gasteiger partial charge in [-0.25, -0.2) is 0 Å². The van der Waals surface area contributed by atoms with Crippen molar-refractivity contribution < 1.29 is 4.74 Å². The van der Waals surface area contributed by atoms with E-state index in [-0.39, 0.29) is 0 Å². The minimum atomic E-state index is 0.457. The molecule has 0 fully saturated rings. The zero-order valence-electron chi connectivity index (χ0n) is 14.9. The second kappa shape index (κ2) is 7.66. The first kappa shape index (κ1) is 16.7. The molecule has 0 bridgehead atoms. The predicted molar refractivity (Wildman–Crippen MR) is 98.7 cm³/mol. The first-order chi connectivity index (χ1) is 12.8. The molecule has 26 heavy (non-hydrogen) atoms. The lowest BCUT2D eigenvalue weighted by molar-refractivity contribution is 0.305. The van der Waals surface area contributed by atoms with Gasteiger partial charge in [0.25, 0.3) is 0 Å². The van der Waals surface area contributed by atoms with E-state index >= 15 is 0 Å². The Labute approximate surface area is 153 Å². The molecule has 1 aromatic carbocycles. The normalized spacial score (nSPS) is 16.3. The van der Waals surface area contributed by atoms with Crippen LogP contribution in [0.25, 0.3) is 0 Å². The zero-order valence-corrected chi connectivity index (χ0v) is 14.9. The first-order valence-corrected chi connectivity index (χ1v) is 9.00. The summed E-state index contributed by atoms with van der Waals surface area (Å²) in [4.78, 5) is 4.10. The van der Waals surface area contributed by atoms with Crippen molar-refractivity contribution in [2.75, 3.05) is 0 Å². The lowest BCUT2D eigenvalue weighted by atomic mass is 10.1. The maximum Gasteiger partial charge on any atom is 0.133 e. The van der Waals surface area contributed by atoms with Gasteiger partial charge in [-0.1, -0.05) is 18.2 Å². The van der Waals surface area contributed by atoms with Gasteiger partial charge in [-0.2, -0.15) is 0 Å². The third-order valence-electron chi connectivity index (χ3n) is 4.78. The number of nitrogens with one attached hydrogen (secondary N) is 1. The summed E-state index contributed by atoms with van der Waals surface area (Å²) in [5.41, 5.74) is 2.32. The van der Waals surface area contributed by atoms with E-state index in [4.69, 9.17) is 4.74 Å². The molecule has 3 heterocycles. The Balaban J connectivity index is 1.27. The lowest BCUT2D eigenvalue weighted by Gasteiger charge is -2.25. The number of hydrogen-bond acceptors (Lipinski definition) is 5. The molecule has 1 aliphatic heterocycles. The summed E-state index contributed by atoms with van der Waals surface area (Å²) >= 11 is 0. The summed E-state index contributed by atoms with van der Waals surface area (Å²) < 4.78 is 8.03. The molecule has 0 aliphatic carbocycles. The molecule has 3 aromatic rings. The summed E-state index contributed by atoms with van der Waals surface area (Å²) in [6.07, 6.45) is 5.68. The average Bonchev–Trinajstić information content (AvgIpc) is 3.07. The van der Waals surface area contributed by atoms with E-state index in [1.165, 1.54) is 5.56 Å². The Morgan fingerprint density at radius 3 is 2.85 bits per heavy atom. The SMILES string of the molecule is Cc1nnc2n1C[C@H](NCc1ccc(OCc3cccnc3)cc1)CC2. The summed E-state index contributed by atoms with van der Waals surface area (Å²) in [6.45, 7) is 4.35. The number of fused-ring (bicyclic) bond motifs is 1. The zero-order chi connectivity index (χ0) is 17.8.